The second-order valence-electron chi connectivity index (χ2n) is 7.04. The van der Waals surface area contributed by atoms with E-state index in [-0.39, 0.29) is 5.41 Å². The van der Waals surface area contributed by atoms with Crippen LogP contribution in [0.3, 0.4) is 0 Å². The topological polar surface area (TPSA) is 0 Å². The summed E-state index contributed by atoms with van der Waals surface area (Å²) in [5.74, 6) is 0. The van der Waals surface area contributed by atoms with E-state index in [2.05, 4.69) is 86.6 Å². The van der Waals surface area contributed by atoms with Crippen LogP contribution in [0.15, 0.2) is 72.8 Å². The quantitative estimate of drug-likeness (QED) is 0.357. The van der Waals surface area contributed by atoms with E-state index < -0.39 is 0 Å². The van der Waals surface area contributed by atoms with Gasteiger partial charge in [-0.05, 0) is 43.8 Å². The Morgan fingerprint density at radius 1 is 0.522 bits per heavy atom. The molecular weight excluding hydrogens is 276 g/mol. The predicted molar refractivity (Wildman–Crippen MR) is 99.0 cm³/mol. The molecule has 4 aromatic rings. The van der Waals surface area contributed by atoms with Crippen LogP contribution in [0.1, 0.15) is 25.0 Å². The lowest BCUT2D eigenvalue weighted by Gasteiger charge is -2.24. The van der Waals surface area contributed by atoms with Crippen LogP contribution in [0.2, 0.25) is 0 Å². The minimum atomic E-state index is 0.0202. The summed E-state index contributed by atoms with van der Waals surface area (Å²) in [5.41, 5.74) is 5.76. The van der Waals surface area contributed by atoms with Crippen molar-refractivity contribution in [3.63, 3.8) is 0 Å². The Morgan fingerprint density at radius 2 is 0.957 bits per heavy atom. The minimum absolute atomic E-state index is 0.0202. The van der Waals surface area contributed by atoms with E-state index in [0.29, 0.717) is 0 Å². The highest BCUT2D eigenvalue weighted by atomic mass is 14.4. The molecule has 110 valence electrons. The number of rotatable bonds is 0. The van der Waals surface area contributed by atoms with E-state index in [1.807, 2.05) is 0 Å². The van der Waals surface area contributed by atoms with Crippen molar-refractivity contribution in [2.75, 3.05) is 0 Å². The van der Waals surface area contributed by atoms with Gasteiger partial charge in [0, 0.05) is 5.41 Å². The van der Waals surface area contributed by atoms with Crippen molar-refractivity contribution in [1.29, 1.82) is 0 Å². The maximum absolute atomic E-state index is 2.37. The van der Waals surface area contributed by atoms with Crippen LogP contribution in [0.4, 0.5) is 0 Å². The van der Waals surface area contributed by atoms with Gasteiger partial charge in [-0.3, -0.25) is 0 Å². The van der Waals surface area contributed by atoms with Crippen LogP contribution in [0, 0.1) is 0 Å². The molecule has 0 radical (unpaired) electrons. The number of hydrogen-bond acceptors (Lipinski definition) is 0. The lowest BCUT2D eigenvalue weighted by molar-refractivity contribution is 0.672. The minimum Gasteiger partial charge on any atom is -0.0616 e. The van der Waals surface area contributed by atoms with Crippen LogP contribution < -0.4 is 0 Å². The van der Waals surface area contributed by atoms with Crippen LogP contribution in [0.5, 0.6) is 0 Å². The third-order valence-electron chi connectivity index (χ3n) is 5.40. The standard InChI is InChI=1S/C23H18/c1-23(2)21-17-9-5-3-7-15(17)11-13-19(21)20-14-12-16-8-4-6-10-18(16)22(20)23/h3-14H,1-2H3. The first kappa shape index (κ1) is 12.9. The van der Waals surface area contributed by atoms with Gasteiger partial charge in [-0.15, -0.1) is 0 Å². The number of hydrogen-bond donors (Lipinski definition) is 0. The van der Waals surface area contributed by atoms with Crippen molar-refractivity contribution in [2.24, 2.45) is 0 Å². The summed E-state index contributed by atoms with van der Waals surface area (Å²) in [4.78, 5) is 0. The van der Waals surface area contributed by atoms with Gasteiger partial charge in [-0.1, -0.05) is 86.6 Å². The lowest BCUT2D eigenvalue weighted by atomic mass is 9.78. The molecule has 0 N–H and O–H groups in total. The summed E-state index contributed by atoms with van der Waals surface area (Å²) in [5, 5.41) is 5.43. The molecule has 0 heterocycles. The van der Waals surface area contributed by atoms with Crippen molar-refractivity contribution in [1.82, 2.24) is 0 Å². The second-order valence-corrected chi connectivity index (χ2v) is 7.04. The van der Waals surface area contributed by atoms with Gasteiger partial charge in [-0.2, -0.15) is 0 Å². The molecule has 0 saturated heterocycles. The van der Waals surface area contributed by atoms with Gasteiger partial charge >= 0.3 is 0 Å². The zero-order chi connectivity index (χ0) is 15.6. The SMILES string of the molecule is CC1(C)c2c(ccc3ccccc23)-c2ccc3ccccc3c21. The first-order chi connectivity index (χ1) is 11.2. The van der Waals surface area contributed by atoms with Crippen molar-refractivity contribution < 1.29 is 0 Å². The molecule has 0 saturated carbocycles. The Hall–Kier alpha value is -2.60. The molecule has 0 aromatic heterocycles. The molecule has 23 heavy (non-hydrogen) atoms. The van der Waals surface area contributed by atoms with E-state index in [0.717, 1.165) is 0 Å². The molecule has 0 heteroatoms. The average molecular weight is 294 g/mol. The Morgan fingerprint density at radius 3 is 1.43 bits per heavy atom. The largest absolute Gasteiger partial charge is 0.0616 e. The average Bonchev–Trinajstić information content (AvgIpc) is 2.83. The molecule has 1 aliphatic carbocycles. The van der Waals surface area contributed by atoms with Crippen LogP contribution >= 0.6 is 0 Å². The summed E-state index contributed by atoms with van der Waals surface area (Å²) in [7, 11) is 0. The summed E-state index contributed by atoms with van der Waals surface area (Å²) in [6, 6.07) is 26.6. The molecular formula is C23H18. The summed E-state index contributed by atoms with van der Waals surface area (Å²) < 4.78 is 0. The highest BCUT2D eigenvalue weighted by Crippen LogP contribution is 2.53. The van der Waals surface area contributed by atoms with Crippen molar-refractivity contribution >= 4 is 21.5 Å². The van der Waals surface area contributed by atoms with Crippen LogP contribution in [-0.2, 0) is 5.41 Å². The van der Waals surface area contributed by atoms with Gasteiger partial charge < -0.3 is 0 Å². The lowest BCUT2D eigenvalue weighted by Crippen LogP contribution is -2.16. The third-order valence-corrected chi connectivity index (χ3v) is 5.40. The molecule has 4 aromatic carbocycles. The first-order valence-electron chi connectivity index (χ1n) is 8.23. The van der Waals surface area contributed by atoms with E-state index in [9.17, 15) is 0 Å². The molecule has 0 unspecified atom stereocenters. The van der Waals surface area contributed by atoms with Crippen molar-refractivity contribution in [3.05, 3.63) is 83.9 Å². The number of fused-ring (bicyclic) bond motifs is 7. The fraction of sp³-hybridized carbons (Fsp3) is 0.130. The van der Waals surface area contributed by atoms with Gasteiger partial charge in [0.2, 0.25) is 0 Å². The van der Waals surface area contributed by atoms with Gasteiger partial charge in [0.05, 0.1) is 0 Å². The Balaban J connectivity index is 1.99. The number of benzene rings is 4. The molecule has 0 aliphatic heterocycles. The molecule has 0 fully saturated rings. The third kappa shape index (κ3) is 1.56. The van der Waals surface area contributed by atoms with Gasteiger partial charge in [0.25, 0.3) is 0 Å². The van der Waals surface area contributed by atoms with E-state index in [1.54, 1.807) is 0 Å². The van der Waals surface area contributed by atoms with E-state index in [1.165, 1.54) is 43.8 Å². The van der Waals surface area contributed by atoms with Gasteiger partial charge in [-0.25, -0.2) is 0 Å². The normalized spacial score (nSPS) is 14.9. The second kappa shape index (κ2) is 4.23. The van der Waals surface area contributed by atoms with Crippen molar-refractivity contribution in [3.8, 4) is 11.1 Å². The molecule has 0 atom stereocenters. The van der Waals surface area contributed by atoms with Gasteiger partial charge in [0.15, 0.2) is 0 Å². The summed E-state index contributed by atoms with van der Waals surface area (Å²) in [6.45, 7) is 4.74. The first-order valence-corrected chi connectivity index (χ1v) is 8.23. The molecule has 0 bridgehead atoms. The van der Waals surface area contributed by atoms with Crippen LogP contribution in [0.25, 0.3) is 32.7 Å². The smallest absolute Gasteiger partial charge is 0.0171 e. The monoisotopic (exact) mass is 294 g/mol. The highest BCUT2D eigenvalue weighted by molar-refractivity contribution is 6.03. The van der Waals surface area contributed by atoms with E-state index >= 15 is 0 Å². The Labute approximate surface area is 136 Å². The Bertz CT molecular complexity index is 996. The summed E-state index contributed by atoms with van der Waals surface area (Å²) in [6.07, 6.45) is 0. The summed E-state index contributed by atoms with van der Waals surface area (Å²) >= 11 is 0. The Kier molecular flexibility index (Phi) is 2.37. The predicted octanol–water partition coefficient (Wildman–Crippen LogP) is 6.30. The molecule has 0 nitrogen and oxygen atoms in total. The molecule has 1 aliphatic rings. The zero-order valence-electron chi connectivity index (χ0n) is 13.4. The van der Waals surface area contributed by atoms with E-state index in [4.69, 9.17) is 0 Å². The van der Waals surface area contributed by atoms with Gasteiger partial charge in [0.1, 0.15) is 0 Å². The van der Waals surface area contributed by atoms with Crippen molar-refractivity contribution in [2.45, 2.75) is 19.3 Å². The molecule has 0 spiro atoms. The van der Waals surface area contributed by atoms with Crippen LogP contribution in [-0.4, -0.2) is 0 Å². The fourth-order valence-corrected chi connectivity index (χ4v) is 4.46. The highest BCUT2D eigenvalue weighted by Gasteiger charge is 2.37. The maximum atomic E-state index is 2.37. The zero-order valence-corrected chi connectivity index (χ0v) is 13.4. The maximum Gasteiger partial charge on any atom is 0.0171 e. The molecule has 0 amide bonds. The fourth-order valence-electron chi connectivity index (χ4n) is 4.46. The molecule has 5 rings (SSSR count).